The predicted molar refractivity (Wildman–Crippen MR) is 147 cm³/mol. The zero-order chi connectivity index (χ0) is 28.3. The second-order valence-corrected chi connectivity index (χ2v) is 12.3. The second-order valence-electron chi connectivity index (χ2n) is 11.8. The van der Waals surface area contributed by atoms with Crippen molar-refractivity contribution >= 4 is 34.7 Å². The number of imidazole rings is 1. The average molecular weight is 588 g/mol. The third kappa shape index (κ3) is 5.10. The number of rotatable bonds is 5. The Morgan fingerprint density at radius 1 is 1.15 bits per heavy atom. The van der Waals surface area contributed by atoms with Gasteiger partial charge in [-0.2, -0.15) is 0 Å². The third-order valence-electron chi connectivity index (χ3n) is 8.86. The summed E-state index contributed by atoms with van der Waals surface area (Å²) < 4.78 is 37.2. The molecule has 41 heavy (non-hydrogen) atoms. The van der Waals surface area contributed by atoms with Gasteiger partial charge in [0, 0.05) is 43.9 Å². The number of carbonyl (C=O) groups is 1. The maximum Gasteiger partial charge on any atom is 0.427 e. The summed E-state index contributed by atoms with van der Waals surface area (Å²) in [6.45, 7) is 3.79. The molecule has 3 aromatic rings. The number of nitrogens with one attached hydrogen (secondary N) is 2. The number of pyridine rings is 2. The molecule has 10 nitrogen and oxygen atoms in total. The molecule has 2 aliphatic heterocycles. The molecule has 3 atom stereocenters. The minimum absolute atomic E-state index is 0.272. The van der Waals surface area contributed by atoms with Crippen LogP contribution in [-0.2, 0) is 16.1 Å². The van der Waals surface area contributed by atoms with Crippen LogP contribution >= 0.6 is 11.6 Å². The highest BCUT2D eigenvalue weighted by Crippen LogP contribution is 2.44. The summed E-state index contributed by atoms with van der Waals surface area (Å²) in [5.41, 5.74) is 5.86. The standard InChI is InChI=1S/C28H32ClF2N7O3/c1-15-2-4-16(5-3-15)14-38-24-19(34-26(38)37-6-7-40-22-11-28(30,31)10-21(22)37)9-20(25-35-27(39)41-36-25)33-23(24)17-8-18(29)13-32-12-17/h8-9,12-13,15-16,21-22,25,36H,2-7,10-11,14H2,1H3,(H,35,39)/t15?,16?,21-,22-,25?/m1/s1. The van der Waals surface area contributed by atoms with Crippen molar-refractivity contribution in [1.82, 2.24) is 30.3 Å². The number of hydroxylamine groups is 1. The lowest BCUT2D eigenvalue weighted by molar-refractivity contribution is -0.0208. The highest BCUT2D eigenvalue weighted by atomic mass is 35.5. The average Bonchev–Trinajstić information content (AvgIpc) is 3.63. The summed E-state index contributed by atoms with van der Waals surface area (Å²) in [7, 11) is 0. The monoisotopic (exact) mass is 587 g/mol. The molecule has 1 amide bonds. The van der Waals surface area contributed by atoms with Gasteiger partial charge in [-0.15, -0.1) is 5.48 Å². The first-order valence-electron chi connectivity index (χ1n) is 14.2. The number of aromatic nitrogens is 4. The molecule has 0 aromatic carbocycles. The molecule has 0 spiro atoms. The molecule has 7 rings (SSSR count). The molecule has 4 fully saturated rings. The molecule has 0 bridgehead atoms. The number of anilines is 1. The van der Waals surface area contributed by atoms with Gasteiger partial charge in [0.05, 0.1) is 46.2 Å². The topological polar surface area (TPSA) is 106 Å². The van der Waals surface area contributed by atoms with Crippen LogP contribution in [0.15, 0.2) is 24.5 Å². The first-order valence-corrected chi connectivity index (χ1v) is 14.6. The lowest BCUT2D eigenvalue weighted by atomic mass is 9.83. The van der Waals surface area contributed by atoms with Crippen molar-refractivity contribution in [3.63, 3.8) is 0 Å². The maximum absolute atomic E-state index is 14.6. The molecule has 1 unspecified atom stereocenters. The molecule has 3 aromatic heterocycles. The van der Waals surface area contributed by atoms with Crippen LogP contribution in [0.25, 0.3) is 22.3 Å². The fraction of sp³-hybridized carbons (Fsp3) is 0.571. The van der Waals surface area contributed by atoms with Gasteiger partial charge in [-0.3, -0.25) is 10.3 Å². The molecule has 13 heteroatoms. The molecular formula is C28H32ClF2N7O3. The van der Waals surface area contributed by atoms with E-state index in [1.54, 1.807) is 18.5 Å². The fourth-order valence-electron chi connectivity index (χ4n) is 6.79. The number of halogens is 3. The minimum Gasteiger partial charge on any atom is -0.374 e. The molecule has 2 saturated carbocycles. The SMILES string of the molecule is CC1CCC(Cn2c(N3CCO[C@@H]4CC(F)(F)C[C@H]43)nc3cc(C4NOC(=O)N4)nc(-c4cncc(Cl)c4)c32)CC1. The van der Waals surface area contributed by atoms with Crippen LogP contribution in [0.4, 0.5) is 19.5 Å². The Bertz CT molecular complexity index is 1480. The zero-order valence-electron chi connectivity index (χ0n) is 22.7. The Balaban J connectivity index is 1.41. The minimum atomic E-state index is -2.78. The summed E-state index contributed by atoms with van der Waals surface area (Å²) >= 11 is 6.36. The van der Waals surface area contributed by atoms with Gasteiger partial charge in [0.1, 0.15) is 0 Å². The molecule has 2 saturated heterocycles. The highest BCUT2D eigenvalue weighted by molar-refractivity contribution is 6.30. The molecule has 5 heterocycles. The van der Waals surface area contributed by atoms with Gasteiger partial charge in [0.25, 0.3) is 5.92 Å². The van der Waals surface area contributed by atoms with Gasteiger partial charge in [-0.05, 0) is 36.8 Å². The van der Waals surface area contributed by atoms with Crippen molar-refractivity contribution < 1.29 is 23.1 Å². The lowest BCUT2D eigenvalue weighted by Gasteiger charge is -2.38. The van der Waals surface area contributed by atoms with Crippen LogP contribution in [0, 0.1) is 11.8 Å². The van der Waals surface area contributed by atoms with Crippen LogP contribution in [0.3, 0.4) is 0 Å². The Labute approximate surface area is 240 Å². The number of carbonyl (C=O) groups excluding carboxylic acids is 1. The molecule has 2 aliphatic carbocycles. The first-order chi connectivity index (χ1) is 19.7. The van der Waals surface area contributed by atoms with E-state index in [1.807, 2.05) is 11.0 Å². The number of hydrogen-bond donors (Lipinski definition) is 2. The Morgan fingerprint density at radius 3 is 2.73 bits per heavy atom. The smallest absolute Gasteiger partial charge is 0.374 e. The normalized spacial score (nSPS) is 29.4. The number of amides is 1. The Hall–Kier alpha value is -3.09. The number of ether oxygens (including phenoxy) is 1. The van der Waals surface area contributed by atoms with E-state index in [-0.39, 0.29) is 12.8 Å². The number of fused-ring (bicyclic) bond motifs is 2. The lowest BCUT2D eigenvalue weighted by Crippen LogP contribution is -2.49. The second kappa shape index (κ2) is 10.3. The Kier molecular flexibility index (Phi) is 6.74. The van der Waals surface area contributed by atoms with E-state index in [1.165, 1.54) is 0 Å². The van der Waals surface area contributed by atoms with Crippen molar-refractivity contribution in [3.05, 3.63) is 35.2 Å². The van der Waals surface area contributed by atoms with Gasteiger partial charge in [-0.1, -0.05) is 31.4 Å². The molecule has 4 aliphatic rings. The van der Waals surface area contributed by atoms with Crippen molar-refractivity contribution in [2.75, 3.05) is 18.1 Å². The van der Waals surface area contributed by atoms with Crippen LogP contribution in [-0.4, -0.2) is 56.8 Å². The number of morpholine rings is 1. The van der Waals surface area contributed by atoms with Crippen LogP contribution in [0.2, 0.25) is 5.02 Å². The van der Waals surface area contributed by atoms with Gasteiger partial charge in [0.2, 0.25) is 5.95 Å². The van der Waals surface area contributed by atoms with Gasteiger partial charge < -0.3 is 19.0 Å². The summed E-state index contributed by atoms with van der Waals surface area (Å²) in [5, 5.41) is 3.15. The summed E-state index contributed by atoms with van der Waals surface area (Å²) in [6, 6.07) is 3.13. The molecular weight excluding hydrogens is 556 g/mol. The van der Waals surface area contributed by atoms with Gasteiger partial charge >= 0.3 is 6.09 Å². The van der Waals surface area contributed by atoms with Gasteiger partial charge in [0.15, 0.2) is 6.17 Å². The fourth-order valence-corrected chi connectivity index (χ4v) is 6.96. The summed E-state index contributed by atoms with van der Waals surface area (Å²) in [6.07, 6.45) is 5.32. The third-order valence-corrected chi connectivity index (χ3v) is 9.07. The van der Waals surface area contributed by atoms with E-state index in [0.717, 1.165) is 31.2 Å². The molecule has 0 radical (unpaired) electrons. The Morgan fingerprint density at radius 2 is 1.98 bits per heavy atom. The zero-order valence-corrected chi connectivity index (χ0v) is 23.4. The van der Waals surface area contributed by atoms with E-state index < -0.39 is 30.3 Å². The quantitative estimate of drug-likeness (QED) is 0.419. The van der Waals surface area contributed by atoms with E-state index in [9.17, 15) is 13.6 Å². The number of hydrogen-bond acceptors (Lipinski definition) is 8. The largest absolute Gasteiger partial charge is 0.427 e. The molecule has 2 N–H and O–H groups in total. The highest BCUT2D eigenvalue weighted by Gasteiger charge is 2.51. The van der Waals surface area contributed by atoms with Crippen LogP contribution in [0.1, 0.15) is 57.3 Å². The van der Waals surface area contributed by atoms with Crippen LogP contribution < -0.4 is 15.7 Å². The van der Waals surface area contributed by atoms with E-state index in [4.69, 9.17) is 31.1 Å². The summed E-state index contributed by atoms with van der Waals surface area (Å²) in [4.78, 5) is 33.1. The van der Waals surface area contributed by atoms with Crippen molar-refractivity contribution in [1.29, 1.82) is 0 Å². The number of nitrogens with zero attached hydrogens (tertiary/aromatic N) is 5. The maximum atomic E-state index is 14.6. The van der Waals surface area contributed by atoms with Crippen molar-refractivity contribution in [2.24, 2.45) is 11.8 Å². The van der Waals surface area contributed by atoms with E-state index in [2.05, 4.69) is 27.3 Å². The first kappa shape index (κ1) is 26.8. The van der Waals surface area contributed by atoms with E-state index in [0.29, 0.717) is 65.0 Å². The van der Waals surface area contributed by atoms with Crippen molar-refractivity contribution in [2.45, 2.75) is 76.2 Å². The van der Waals surface area contributed by atoms with E-state index >= 15 is 0 Å². The number of alkyl halides is 2. The van der Waals surface area contributed by atoms with Crippen molar-refractivity contribution in [3.8, 4) is 11.3 Å². The van der Waals surface area contributed by atoms with Crippen LogP contribution in [0.5, 0.6) is 0 Å². The summed E-state index contributed by atoms with van der Waals surface area (Å²) in [5.74, 6) is -1.03. The van der Waals surface area contributed by atoms with Gasteiger partial charge in [-0.25, -0.2) is 23.5 Å². The molecule has 218 valence electrons. The predicted octanol–water partition coefficient (Wildman–Crippen LogP) is 5.22.